The second-order valence-electron chi connectivity index (χ2n) is 4.46. The van der Waals surface area contributed by atoms with Crippen LogP contribution in [0.4, 0.5) is 0 Å². The van der Waals surface area contributed by atoms with Gasteiger partial charge in [0.2, 0.25) is 0 Å². The lowest BCUT2D eigenvalue weighted by Gasteiger charge is -2.41. The van der Waals surface area contributed by atoms with E-state index in [9.17, 15) is 5.11 Å². The Balaban J connectivity index is 2.11. The first-order valence-corrected chi connectivity index (χ1v) is 6.28. The van der Waals surface area contributed by atoms with E-state index in [1.807, 2.05) is 7.05 Å². The van der Waals surface area contributed by atoms with Gasteiger partial charge in [-0.2, -0.15) is 5.10 Å². The Morgan fingerprint density at radius 1 is 1.69 bits per heavy atom. The second-order valence-corrected chi connectivity index (χ2v) is 5.32. The lowest BCUT2D eigenvalue weighted by molar-refractivity contribution is -0.101. The fourth-order valence-corrected chi connectivity index (χ4v) is 2.92. The molecule has 0 aliphatic heterocycles. The lowest BCUT2D eigenvalue weighted by atomic mass is 9.76. The third kappa shape index (κ3) is 2.04. The van der Waals surface area contributed by atoms with E-state index in [0.29, 0.717) is 6.42 Å². The summed E-state index contributed by atoms with van der Waals surface area (Å²) in [6, 6.07) is 0. The number of nitrogens with zero attached hydrogens (tertiary/aromatic N) is 2. The van der Waals surface area contributed by atoms with Gasteiger partial charge >= 0.3 is 0 Å². The first kappa shape index (κ1) is 12.1. The maximum absolute atomic E-state index is 10.2. The molecule has 5 heteroatoms. The number of hydrogen-bond donors (Lipinski definition) is 1. The molecule has 1 aliphatic rings. The molecule has 1 aromatic rings. The molecular formula is C11H17BrN2O2. The van der Waals surface area contributed by atoms with Gasteiger partial charge < -0.3 is 9.84 Å². The topological polar surface area (TPSA) is 47.3 Å². The van der Waals surface area contributed by atoms with Crippen molar-refractivity contribution in [3.63, 3.8) is 0 Å². The zero-order valence-corrected chi connectivity index (χ0v) is 11.2. The van der Waals surface area contributed by atoms with Gasteiger partial charge in [0.25, 0.3) is 0 Å². The smallest absolute Gasteiger partial charge is 0.0995 e. The predicted molar refractivity (Wildman–Crippen MR) is 64.1 cm³/mol. The molecule has 4 nitrogen and oxygen atoms in total. The third-order valence-electron chi connectivity index (χ3n) is 3.52. The van der Waals surface area contributed by atoms with Crippen LogP contribution in [0.3, 0.4) is 0 Å². The van der Waals surface area contributed by atoms with E-state index in [1.54, 1.807) is 18.0 Å². The molecule has 1 N–H and O–H groups in total. The number of halogens is 1. The van der Waals surface area contributed by atoms with E-state index in [1.165, 1.54) is 6.42 Å². The molecule has 0 aromatic carbocycles. The number of aryl methyl sites for hydroxylation is 1. The first-order valence-electron chi connectivity index (χ1n) is 5.48. The van der Waals surface area contributed by atoms with Gasteiger partial charge in [-0.15, -0.1) is 0 Å². The molecule has 0 amide bonds. The molecule has 0 radical (unpaired) electrons. The Kier molecular flexibility index (Phi) is 3.37. The van der Waals surface area contributed by atoms with Gasteiger partial charge in [-0.25, -0.2) is 0 Å². The Bertz CT molecular complexity index is 349. The van der Waals surface area contributed by atoms with E-state index in [2.05, 4.69) is 21.0 Å². The van der Waals surface area contributed by atoms with Crippen LogP contribution in [-0.2, 0) is 11.8 Å². The van der Waals surface area contributed by atoms with Crippen LogP contribution in [0.1, 0.15) is 37.5 Å². The molecule has 1 saturated carbocycles. The Labute approximate surface area is 104 Å². The van der Waals surface area contributed by atoms with Crippen LogP contribution in [-0.4, -0.2) is 27.6 Å². The average molecular weight is 289 g/mol. The summed E-state index contributed by atoms with van der Waals surface area (Å²) < 4.78 is 8.08. The highest BCUT2D eigenvalue weighted by Gasteiger charge is 2.39. The van der Waals surface area contributed by atoms with Crippen LogP contribution >= 0.6 is 15.9 Å². The SMILES string of the molecule is COC1(CC(O)c2c(Br)cnn2C)CCC1. The van der Waals surface area contributed by atoms with Crippen molar-refractivity contribution in [2.75, 3.05) is 7.11 Å². The van der Waals surface area contributed by atoms with Crippen LogP contribution in [0.25, 0.3) is 0 Å². The van der Waals surface area contributed by atoms with E-state index in [-0.39, 0.29) is 5.60 Å². The zero-order chi connectivity index (χ0) is 11.8. The first-order chi connectivity index (χ1) is 7.58. The van der Waals surface area contributed by atoms with Crippen molar-refractivity contribution in [2.45, 2.75) is 37.4 Å². The van der Waals surface area contributed by atoms with Crippen molar-refractivity contribution in [3.05, 3.63) is 16.4 Å². The van der Waals surface area contributed by atoms with Gasteiger partial charge in [0.1, 0.15) is 0 Å². The van der Waals surface area contributed by atoms with Gasteiger partial charge in [0.05, 0.1) is 28.1 Å². The van der Waals surface area contributed by atoms with Crippen molar-refractivity contribution in [2.24, 2.45) is 7.05 Å². The van der Waals surface area contributed by atoms with Gasteiger partial charge in [0, 0.05) is 20.6 Å². The summed E-state index contributed by atoms with van der Waals surface area (Å²) in [5.74, 6) is 0. The average Bonchev–Trinajstić information content (AvgIpc) is 2.52. The number of aliphatic hydroxyl groups is 1. The van der Waals surface area contributed by atoms with E-state index in [0.717, 1.165) is 23.0 Å². The molecule has 90 valence electrons. The predicted octanol–water partition coefficient (Wildman–Crippen LogP) is 2.18. The highest BCUT2D eigenvalue weighted by atomic mass is 79.9. The van der Waals surface area contributed by atoms with Gasteiger partial charge in [-0.3, -0.25) is 4.68 Å². The molecule has 0 bridgehead atoms. The normalized spacial score (nSPS) is 20.5. The van der Waals surface area contributed by atoms with Crippen molar-refractivity contribution >= 4 is 15.9 Å². The summed E-state index contributed by atoms with van der Waals surface area (Å²) in [6.45, 7) is 0. The van der Waals surface area contributed by atoms with Crippen molar-refractivity contribution in [1.29, 1.82) is 0 Å². The van der Waals surface area contributed by atoms with E-state index in [4.69, 9.17) is 4.74 Å². The number of aliphatic hydroxyl groups excluding tert-OH is 1. The monoisotopic (exact) mass is 288 g/mol. The Hall–Kier alpha value is -0.390. The molecule has 1 fully saturated rings. The fraction of sp³-hybridized carbons (Fsp3) is 0.727. The maximum atomic E-state index is 10.2. The van der Waals surface area contributed by atoms with Crippen molar-refractivity contribution < 1.29 is 9.84 Å². The highest BCUT2D eigenvalue weighted by Crippen LogP contribution is 2.42. The Morgan fingerprint density at radius 2 is 2.38 bits per heavy atom. The van der Waals surface area contributed by atoms with Crippen LogP contribution in [0, 0.1) is 0 Å². The standard InChI is InChI=1S/C11H17BrN2O2/c1-14-10(8(12)7-13-14)9(15)6-11(16-2)4-3-5-11/h7,9,15H,3-6H2,1-2H3. The second kappa shape index (κ2) is 4.47. The molecular weight excluding hydrogens is 272 g/mol. The minimum atomic E-state index is -0.526. The van der Waals surface area contributed by atoms with Crippen molar-refractivity contribution in [3.8, 4) is 0 Å². The van der Waals surface area contributed by atoms with E-state index >= 15 is 0 Å². The third-order valence-corrected chi connectivity index (χ3v) is 4.13. The summed E-state index contributed by atoms with van der Waals surface area (Å²) in [6.07, 6.45) is 5.08. The minimum Gasteiger partial charge on any atom is -0.387 e. The number of rotatable bonds is 4. The summed E-state index contributed by atoms with van der Waals surface area (Å²) in [5, 5.41) is 14.3. The van der Waals surface area contributed by atoms with Crippen molar-refractivity contribution in [1.82, 2.24) is 9.78 Å². The molecule has 1 unspecified atom stereocenters. The fourth-order valence-electron chi connectivity index (χ4n) is 2.31. The summed E-state index contributed by atoms with van der Waals surface area (Å²) in [4.78, 5) is 0. The lowest BCUT2D eigenvalue weighted by Crippen LogP contribution is -2.40. The summed E-state index contributed by atoms with van der Waals surface area (Å²) in [5.41, 5.74) is 0.701. The number of ether oxygens (including phenoxy) is 1. The molecule has 1 heterocycles. The highest BCUT2D eigenvalue weighted by molar-refractivity contribution is 9.10. The zero-order valence-electron chi connectivity index (χ0n) is 9.61. The summed E-state index contributed by atoms with van der Waals surface area (Å²) >= 11 is 3.40. The van der Waals surface area contributed by atoms with Crippen LogP contribution in [0.2, 0.25) is 0 Å². The van der Waals surface area contributed by atoms with Gasteiger partial charge in [-0.05, 0) is 35.2 Å². The quantitative estimate of drug-likeness (QED) is 0.924. The number of hydrogen-bond acceptors (Lipinski definition) is 3. The molecule has 16 heavy (non-hydrogen) atoms. The van der Waals surface area contributed by atoms with E-state index < -0.39 is 6.10 Å². The van der Waals surface area contributed by atoms with Gasteiger partial charge in [0.15, 0.2) is 0 Å². The van der Waals surface area contributed by atoms with Crippen LogP contribution < -0.4 is 0 Å². The molecule has 2 rings (SSSR count). The number of methoxy groups -OCH3 is 1. The van der Waals surface area contributed by atoms with Crippen LogP contribution in [0.15, 0.2) is 10.7 Å². The molecule has 1 atom stereocenters. The molecule has 1 aliphatic carbocycles. The number of aromatic nitrogens is 2. The minimum absolute atomic E-state index is 0.122. The summed E-state index contributed by atoms with van der Waals surface area (Å²) in [7, 11) is 3.56. The Morgan fingerprint density at radius 3 is 2.75 bits per heavy atom. The molecule has 0 spiro atoms. The maximum Gasteiger partial charge on any atom is 0.0995 e. The van der Waals surface area contributed by atoms with Crippen LogP contribution in [0.5, 0.6) is 0 Å². The molecule has 1 aromatic heterocycles. The van der Waals surface area contributed by atoms with Gasteiger partial charge in [-0.1, -0.05) is 0 Å². The largest absolute Gasteiger partial charge is 0.387 e. The molecule has 0 saturated heterocycles.